The number of nitrogens with zero attached hydrogens (tertiary/aromatic N) is 1. The Morgan fingerprint density at radius 3 is 2.47 bits per heavy atom. The molecule has 2 aromatic carbocycles. The van der Waals surface area contributed by atoms with E-state index in [1.54, 1.807) is 38.5 Å². The van der Waals surface area contributed by atoms with Gasteiger partial charge in [-0.3, -0.25) is 4.79 Å². The normalized spacial score (nSPS) is 14.2. The van der Waals surface area contributed by atoms with Crippen LogP contribution in [0.4, 0.5) is 0 Å². The van der Waals surface area contributed by atoms with Crippen LogP contribution in [-0.4, -0.2) is 57.8 Å². The molecule has 0 unspecified atom stereocenters. The molecule has 3 rings (SSSR count). The van der Waals surface area contributed by atoms with Crippen molar-refractivity contribution in [3.63, 3.8) is 0 Å². The van der Waals surface area contributed by atoms with Crippen molar-refractivity contribution in [1.82, 2.24) is 4.90 Å². The van der Waals surface area contributed by atoms with Gasteiger partial charge < -0.3 is 23.8 Å². The molecule has 0 aromatic heterocycles. The summed E-state index contributed by atoms with van der Waals surface area (Å²) in [6, 6.07) is 9.11. The van der Waals surface area contributed by atoms with E-state index in [0.29, 0.717) is 35.2 Å². The number of ether oxygens (including phenoxy) is 4. The second-order valence-electron chi connectivity index (χ2n) is 8.36. The second kappa shape index (κ2) is 9.92. The monoisotopic (exact) mass is 437 g/mol. The maximum Gasteiger partial charge on any atom is 0.189 e. The first kappa shape index (κ1) is 23.4. The minimum absolute atomic E-state index is 0.152. The highest BCUT2D eigenvalue weighted by atomic mass is 16.5. The van der Waals surface area contributed by atoms with Gasteiger partial charge in [-0.15, -0.1) is 0 Å². The average molecular weight is 438 g/mol. The van der Waals surface area contributed by atoms with Crippen molar-refractivity contribution in [2.75, 3.05) is 41.5 Å². The number of carbonyl (C=O) groups excluding carboxylic acids is 1. The number of ketones is 1. The Kier molecular flexibility index (Phi) is 7.26. The lowest BCUT2D eigenvalue weighted by molar-refractivity contribution is 0.103. The molecule has 1 heterocycles. The predicted octanol–water partition coefficient (Wildman–Crippen LogP) is 4.72. The summed E-state index contributed by atoms with van der Waals surface area (Å²) in [7, 11) is 7.19. The number of carbonyl (C=O) groups is 1. The Balaban J connectivity index is 1.85. The number of benzene rings is 2. The third kappa shape index (κ3) is 5.51. The van der Waals surface area contributed by atoms with E-state index in [9.17, 15) is 4.79 Å². The van der Waals surface area contributed by atoms with Crippen LogP contribution in [0.1, 0.15) is 35.3 Å². The van der Waals surface area contributed by atoms with Gasteiger partial charge in [-0.05, 0) is 76.0 Å². The Bertz CT molecular complexity index is 1040. The van der Waals surface area contributed by atoms with Gasteiger partial charge in [0.25, 0.3) is 0 Å². The first-order valence-corrected chi connectivity index (χ1v) is 10.5. The van der Waals surface area contributed by atoms with Crippen LogP contribution in [0.3, 0.4) is 0 Å². The third-order valence-electron chi connectivity index (χ3n) is 5.07. The van der Waals surface area contributed by atoms with Gasteiger partial charge >= 0.3 is 0 Å². The molecule has 0 radical (unpaired) electrons. The minimum Gasteiger partial charge on any atom is -0.496 e. The van der Waals surface area contributed by atoms with Crippen molar-refractivity contribution in [1.29, 1.82) is 0 Å². The fourth-order valence-electron chi connectivity index (χ4n) is 3.31. The van der Waals surface area contributed by atoms with Crippen molar-refractivity contribution in [2.45, 2.75) is 19.4 Å². The van der Waals surface area contributed by atoms with Gasteiger partial charge in [0, 0.05) is 6.54 Å². The summed E-state index contributed by atoms with van der Waals surface area (Å²) in [5.41, 5.74) is 1.59. The lowest BCUT2D eigenvalue weighted by atomic mass is 9.97. The van der Waals surface area contributed by atoms with Gasteiger partial charge in [0.1, 0.15) is 23.7 Å². The van der Waals surface area contributed by atoms with Gasteiger partial charge in [0.05, 0.1) is 25.3 Å². The smallest absolute Gasteiger partial charge is 0.189 e. The van der Waals surface area contributed by atoms with Crippen molar-refractivity contribution in [2.24, 2.45) is 0 Å². The molecular weight excluding hydrogens is 406 g/mol. The summed E-state index contributed by atoms with van der Waals surface area (Å²) in [4.78, 5) is 15.1. The topological polar surface area (TPSA) is 57.2 Å². The number of fused-ring (bicyclic) bond motifs is 1. The number of hydrogen-bond donors (Lipinski definition) is 0. The molecule has 0 fully saturated rings. The van der Waals surface area contributed by atoms with E-state index < -0.39 is 5.60 Å². The molecule has 0 N–H and O–H groups in total. The highest BCUT2D eigenvalue weighted by Gasteiger charge is 2.27. The predicted molar refractivity (Wildman–Crippen MR) is 127 cm³/mol. The summed E-state index contributed by atoms with van der Waals surface area (Å²) >= 11 is 0. The molecule has 32 heavy (non-hydrogen) atoms. The van der Waals surface area contributed by atoms with Crippen LogP contribution < -0.4 is 18.9 Å². The van der Waals surface area contributed by atoms with E-state index in [1.807, 2.05) is 63.2 Å². The van der Waals surface area contributed by atoms with Crippen LogP contribution in [0.15, 0.2) is 42.5 Å². The fraction of sp³-hybridized carbons (Fsp3) is 0.346. The maximum atomic E-state index is 13.1. The molecule has 0 saturated heterocycles. The van der Waals surface area contributed by atoms with Gasteiger partial charge in [-0.2, -0.15) is 0 Å². The minimum atomic E-state index is -0.507. The molecule has 170 valence electrons. The quantitative estimate of drug-likeness (QED) is 0.418. The lowest BCUT2D eigenvalue weighted by Crippen LogP contribution is -2.28. The molecule has 0 saturated carbocycles. The summed E-state index contributed by atoms with van der Waals surface area (Å²) in [5.74, 6) is 2.34. The third-order valence-corrected chi connectivity index (χ3v) is 5.07. The van der Waals surface area contributed by atoms with E-state index in [1.165, 1.54) is 0 Å². The average Bonchev–Trinajstić information content (AvgIpc) is 2.75. The van der Waals surface area contributed by atoms with Gasteiger partial charge in [0.15, 0.2) is 17.3 Å². The van der Waals surface area contributed by atoms with Gasteiger partial charge in [-0.25, -0.2) is 0 Å². The molecule has 0 amide bonds. The van der Waals surface area contributed by atoms with E-state index >= 15 is 0 Å². The van der Waals surface area contributed by atoms with Crippen molar-refractivity contribution >= 4 is 17.9 Å². The zero-order valence-corrected chi connectivity index (χ0v) is 19.6. The SMILES string of the molecule is COc1ccc(/C=C/C(=O)c2ccc(OC)c3c2OC(C)(C)C=C3)cc1OCCN(C)C. The summed E-state index contributed by atoms with van der Waals surface area (Å²) in [6.45, 7) is 5.22. The molecule has 2 aromatic rings. The number of hydrogen-bond acceptors (Lipinski definition) is 6. The van der Waals surface area contributed by atoms with E-state index in [0.717, 1.165) is 17.7 Å². The van der Waals surface area contributed by atoms with E-state index in [-0.39, 0.29) is 5.78 Å². The molecular formula is C26H31NO5. The first-order chi connectivity index (χ1) is 15.2. The van der Waals surface area contributed by atoms with Crippen LogP contribution in [0, 0.1) is 0 Å². The van der Waals surface area contributed by atoms with Gasteiger partial charge in [0.2, 0.25) is 0 Å². The van der Waals surface area contributed by atoms with Crippen LogP contribution in [0.5, 0.6) is 23.0 Å². The maximum absolute atomic E-state index is 13.1. The van der Waals surface area contributed by atoms with Crippen LogP contribution in [-0.2, 0) is 0 Å². The standard InChI is InChI=1S/C26H31NO5/c1-26(2)14-13-20-22(29-5)12-9-19(25(20)32-26)21(28)10-7-18-8-11-23(30-6)24(17-18)31-16-15-27(3)4/h7-14,17H,15-16H2,1-6H3/b10-7+. The van der Waals surface area contributed by atoms with Crippen molar-refractivity contribution < 1.29 is 23.7 Å². The largest absolute Gasteiger partial charge is 0.496 e. The lowest BCUT2D eigenvalue weighted by Gasteiger charge is -2.29. The number of methoxy groups -OCH3 is 2. The molecule has 0 spiro atoms. The van der Waals surface area contributed by atoms with E-state index in [2.05, 4.69) is 0 Å². The Morgan fingerprint density at radius 1 is 1.06 bits per heavy atom. The molecule has 0 atom stereocenters. The molecule has 1 aliphatic rings. The highest BCUT2D eigenvalue weighted by Crippen LogP contribution is 2.40. The second-order valence-corrected chi connectivity index (χ2v) is 8.36. The Hall–Kier alpha value is -3.25. The number of allylic oxidation sites excluding steroid dienone is 1. The fourth-order valence-corrected chi connectivity index (χ4v) is 3.31. The zero-order valence-electron chi connectivity index (χ0n) is 19.6. The summed E-state index contributed by atoms with van der Waals surface area (Å²) in [6.07, 6.45) is 7.21. The Labute approximate surface area is 190 Å². The Morgan fingerprint density at radius 2 is 1.78 bits per heavy atom. The van der Waals surface area contributed by atoms with E-state index in [4.69, 9.17) is 18.9 Å². The molecule has 0 aliphatic carbocycles. The molecule has 6 heteroatoms. The van der Waals surface area contributed by atoms with Gasteiger partial charge in [-0.1, -0.05) is 12.1 Å². The van der Waals surface area contributed by atoms with Crippen molar-refractivity contribution in [3.05, 3.63) is 59.2 Å². The number of rotatable bonds is 9. The van der Waals surface area contributed by atoms with Crippen LogP contribution in [0.25, 0.3) is 12.2 Å². The zero-order chi connectivity index (χ0) is 23.3. The summed E-state index contributed by atoms with van der Waals surface area (Å²) in [5, 5.41) is 0. The highest BCUT2D eigenvalue weighted by molar-refractivity contribution is 6.09. The first-order valence-electron chi connectivity index (χ1n) is 10.5. The summed E-state index contributed by atoms with van der Waals surface area (Å²) < 4.78 is 22.8. The van der Waals surface area contributed by atoms with Crippen LogP contribution >= 0.6 is 0 Å². The number of likely N-dealkylation sites (N-methyl/N-ethyl adjacent to an activating group) is 1. The molecule has 0 bridgehead atoms. The molecule has 1 aliphatic heterocycles. The van der Waals surface area contributed by atoms with Crippen molar-refractivity contribution in [3.8, 4) is 23.0 Å². The molecule has 6 nitrogen and oxygen atoms in total. The van der Waals surface area contributed by atoms with Crippen LogP contribution in [0.2, 0.25) is 0 Å².